The molecule has 0 radical (unpaired) electrons. The van der Waals surface area contributed by atoms with Gasteiger partial charge in [-0.2, -0.15) is 0 Å². The number of rotatable bonds is 6. The van der Waals surface area contributed by atoms with E-state index in [-0.39, 0.29) is 23.9 Å². The Kier molecular flexibility index (Phi) is 4.67. The Labute approximate surface area is 162 Å². The second-order valence-electron chi connectivity index (χ2n) is 8.87. The molecular weight excluding hydrogens is 362 g/mol. The van der Waals surface area contributed by atoms with Gasteiger partial charge in [-0.25, -0.2) is 4.79 Å². The summed E-state index contributed by atoms with van der Waals surface area (Å²) in [5.74, 6) is 0.590. The van der Waals surface area contributed by atoms with E-state index in [2.05, 4.69) is 4.98 Å². The number of H-pyrrole nitrogens is 1. The van der Waals surface area contributed by atoms with Gasteiger partial charge in [0.25, 0.3) is 5.56 Å². The van der Waals surface area contributed by atoms with Gasteiger partial charge in [-0.05, 0) is 62.7 Å². The van der Waals surface area contributed by atoms with Crippen LogP contribution in [0.5, 0.6) is 0 Å². The number of carbonyl (C=O) groups is 2. The zero-order chi connectivity index (χ0) is 20.1. The molecule has 0 atom stereocenters. The van der Waals surface area contributed by atoms with E-state index in [0.29, 0.717) is 24.2 Å². The number of esters is 1. The molecule has 8 heteroatoms. The molecule has 4 aliphatic rings. The first kappa shape index (κ1) is 19.0. The molecule has 28 heavy (non-hydrogen) atoms. The summed E-state index contributed by atoms with van der Waals surface area (Å²) in [7, 11) is 0. The molecule has 0 aromatic carbocycles. The molecule has 1 aromatic rings. The number of hydrogen-bond acceptors (Lipinski definition) is 6. The van der Waals surface area contributed by atoms with Crippen molar-refractivity contribution < 1.29 is 14.3 Å². The second-order valence-corrected chi connectivity index (χ2v) is 8.87. The van der Waals surface area contributed by atoms with Crippen molar-refractivity contribution in [2.75, 3.05) is 12.3 Å². The highest BCUT2D eigenvalue weighted by atomic mass is 16.5. The lowest BCUT2D eigenvalue weighted by Crippen LogP contribution is -2.50. The monoisotopic (exact) mass is 389 g/mol. The number of ether oxygens (including phenoxy) is 1. The molecule has 0 saturated heterocycles. The lowest BCUT2D eigenvalue weighted by atomic mass is 9.49. The van der Waals surface area contributed by atoms with Crippen molar-refractivity contribution in [1.29, 1.82) is 0 Å². The van der Waals surface area contributed by atoms with E-state index >= 15 is 0 Å². The average Bonchev–Trinajstić information content (AvgIpc) is 2.61. The standard InChI is InChI=1S/C20H27N3O5/c1-2-3-23-16(21)15(17(25)22-19(23)27)14(24)10-28-18(26)20-7-11-4-12(8-20)6-13(5-11)9-20/h11-13H,2-10,21H2,1H3,(H,22,25,27). The number of nitrogens with zero attached hydrogens (tertiary/aromatic N) is 1. The fourth-order valence-corrected chi connectivity index (χ4v) is 6.02. The van der Waals surface area contributed by atoms with Crippen LogP contribution >= 0.6 is 0 Å². The molecule has 4 bridgehead atoms. The molecule has 4 fully saturated rings. The van der Waals surface area contributed by atoms with Gasteiger partial charge in [-0.15, -0.1) is 0 Å². The molecule has 0 spiro atoms. The van der Waals surface area contributed by atoms with Gasteiger partial charge in [-0.1, -0.05) is 6.92 Å². The normalized spacial score (nSPS) is 30.4. The van der Waals surface area contributed by atoms with Crippen molar-refractivity contribution in [1.82, 2.24) is 9.55 Å². The number of Topliss-reactive ketones (excluding diaryl/α,β-unsaturated/α-hetero) is 1. The number of nitrogens with two attached hydrogens (primary N) is 1. The Morgan fingerprint density at radius 1 is 1.14 bits per heavy atom. The third kappa shape index (κ3) is 3.08. The zero-order valence-electron chi connectivity index (χ0n) is 16.2. The zero-order valence-corrected chi connectivity index (χ0v) is 16.2. The fraction of sp³-hybridized carbons (Fsp3) is 0.700. The molecule has 4 aliphatic carbocycles. The van der Waals surface area contributed by atoms with Crippen LogP contribution in [0.1, 0.15) is 62.2 Å². The summed E-state index contributed by atoms with van der Waals surface area (Å²) in [6.45, 7) is 1.61. The Hall–Kier alpha value is -2.38. The third-order valence-electron chi connectivity index (χ3n) is 6.77. The highest BCUT2D eigenvalue weighted by Gasteiger charge is 2.55. The van der Waals surface area contributed by atoms with Crippen LogP contribution in [0.3, 0.4) is 0 Å². The van der Waals surface area contributed by atoms with E-state index in [1.807, 2.05) is 6.92 Å². The summed E-state index contributed by atoms with van der Waals surface area (Å²) in [5.41, 5.74) is 3.64. The molecule has 3 N–H and O–H groups in total. The molecule has 4 saturated carbocycles. The highest BCUT2D eigenvalue weighted by molar-refractivity contribution is 6.01. The first-order chi connectivity index (χ1) is 13.3. The number of aromatic amines is 1. The van der Waals surface area contributed by atoms with Crippen LogP contribution in [-0.4, -0.2) is 27.9 Å². The lowest BCUT2D eigenvalue weighted by molar-refractivity contribution is -0.170. The molecule has 8 nitrogen and oxygen atoms in total. The number of ketones is 1. The Bertz CT molecular complexity index is 893. The molecule has 1 heterocycles. The minimum absolute atomic E-state index is 0.175. The summed E-state index contributed by atoms with van der Waals surface area (Å²) in [6.07, 6.45) is 6.76. The van der Waals surface area contributed by atoms with Gasteiger partial charge in [0.05, 0.1) is 5.41 Å². The molecule has 152 valence electrons. The van der Waals surface area contributed by atoms with Gasteiger partial charge < -0.3 is 10.5 Å². The van der Waals surface area contributed by atoms with Crippen molar-refractivity contribution in [2.45, 2.75) is 58.4 Å². The number of aromatic nitrogens is 2. The van der Waals surface area contributed by atoms with Crippen molar-refractivity contribution in [2.24, 2.45) is 23.2 Å². The van der Waals surface area contributed by atoms with Crippen LogP contribution in [-0.2, 0) is 16.1 Å². The summed E-state index contributed by atoms with van der Waals surface area (Å²) in [5, 5.41) is 0. The van der Waals surface area contributed by atoms with Gasteiger partial charge in [0, 0.05) is 6.54 Å². The predicted octanol–water partition coefficient (Wildman–Crippen LogP) is 1.47. The van der Waals surface area contributed by atoms with E-state index in [9.17, 15) is 19.2 Å². The topological polar surface area (TPSA) is 124 Å². The molecule has 0 aliphatic heterocycles. The lowest BCUT2D eigenvalue weighted by Gasteiger charge is -2.55. The fourth-order valence-electron chi connectivity index (χ4n) is 6.02. The summed E-state index contributed by atoms with van der Waals surface area (Å²) < 4.78 is 6.56. The largest absolute Gasteiger partial charge is 0.457 e. The van der Waals surface area contributed by atoms with Crippen molar-refractivity contribution in [3.05, 3.63) is 26.4 Å². The summed E-state index contributed by atoms with van der Waals surface area (Å²) >= 11 is 0. The van der Waals surface area contributed by atoms with Gasteiger partial charge in [0.2, 0.25) is 5.78 Å². The van der Waals surface area contributed by atoms with Crippen LogP contribution < -0.4 is 17.0 Å². The molecule has 1 aromatic heterocycles. The number of hydrogen-bond donors (Lipinski definition) is 2. The maximum Gasteiger partial charge on any atom is 0.329 e. The van der Waals surface area contributed by atoms with Crippen LogP contribution in [0.15, 0.2) is 9.59 Å². The molecule has 0 unspecified atom stereocenters. The van der Waals surface area contributed by atoms with E-state index in [4.69, 9.17) is 10.5 Å². The molecular formula is C20H27N3O5. The van der Waals surface area contributed by atoms with Crippen LogP contribution in [0.4, 0.5) is 5.82 Å². The second kappa shape index (κ2) is 6.90. The number of nitrogens with one attached hydrogen (secondary N) is 1. The van der Waals surface area contributed by atoms with Crippen LogP contribution in [0.2, 0.25) is 0 Å². The number of nitrogen functional groups attached to an aromatic ring is 1. The first-order valence-electron chi connectivity index (χ1n) is 10.2. The maximum atomic E-state index is 12.9. The van der Waals surface area contributed by atoms with E-state index < -0.39 is 29.1 Å². The van der Waals surface area contributed by atoms with Gasteiger partial charge >= 0.3 is 11.7 Å². The predicted molar refractivity (Wildman–Crippen MR) is 102 cm³/mol. The SMILES string of the molecule is CCCn1c(N)c(C(=O)COC(=O)C23CC4CC(CC(C4)C2)C3)c(=O)[nH]c1=O. The van der Waals surface area contributed by atoms with Gasteiger partial charge in [0.1, 0.15) is 11.4 Å². The van der Waals surface area contributed by atoms with Gasteiger partial charge in [-0.3, -0.25) is 23.9 Å². The molecule has 0 amide bonds. The quantitative estimate of drug-likeness (QED) is 0.561. The van der Waals surface area contributed by atoms with Crippen molar-refractivity contribution in [3.63, 3.8) is 0 Å². The molecule has 5 rings (SSSR count). The maximum absolute atomic E-state index is 12.9. The summed E-state index contributed by atoms with van der Waals surface area (Å²) in [4.78, 5) is 51.6. The Morgan fingerprint density at radius 3 is 2.25 bits per heavy atom. The van der Waals surface area contributed by atoms with Gasteiger partial charge in [0.15, 0.2) is 6.61 Å². The van der Waals surface area contributed by atoms with Crippen molar-refractivity contribution >= 4 is 17.6 Å². The minimum Gasteiger partial charge on any atom is -0.457 e. The highest BCUT2D eigenvalue weighted by Crippen LogP contribution is 2.60. The minimum atomic E-state index is -0.842. The average molecular weight is 389 g/mol. The number of anilines is 1. The smallest absolute Gasteiger partial charge is 0.329 e. The van der Waals surface area contributed by atoms with Crippen LogP contribution in [0.25, 0.3) is 0 Å². The first-order valence-corrected chi connectivity index (χ1v) is 10.2. The Balaban J connectivity index is 1.49. The Morgan fingerprint density at radius 2 is 1.71 bits per heavy atom. The van der Waals surface area contributed by atoms with Crippen molar-refractivity contribution in [3.8, 4) is 0 Å². The van der Waals surface area contributed by atoms with E-state index in [1.54, 1.807) is 0 Å². The van der Waals surface area contributed by atoms with E-state index in [1.165, 1.54) is 19.3 Å². The third-order valence-corrected chi connectivity index (χ3v) is 6.77. The number of carbonyl (C=O) groups excluding carboxylic acids is 2. The van der Waals surface area contributed by atoms with E-state index in [0.717, 1.165) is 23.8 Å². The van der Waals surface area contributed by atoms with Crippen LogP contribution in [0, 0.1) is 23.2 Å². The summed E-state index contributed by atoms with van der Waals surface area (Å²) in [6, 6.07) is 0.